The van der Waals surface area contributed by atoms with Gasteiger partial charge in [0.05, 0.1) is 4.08 Å². The molecule has 0 aliphatic heterocycles. The number of carboxylic acids is 1. The SMILES string of the molecule is CSC(C)(S)C(NC(=O)c1ccccc1)C(=O)O. The summed E-state index contributed by atoms with van der Waals surface area (Å²) in [6, 6.07) is 7.42. The molecule has 1 aromatic carbocycles. The molecule has 0 fully saturated rings. The van der Waals surface area contributed by atoms with Crippen LogP contribution in [0.1, 0.15) is 17.3 Å². The van der Waals surface area contributed by atoms with Crippen molar-refractivity contribution in [2.45, 2.75) is 17.0 Å². The maximum atomic E-state index is 11.9. The quantitative estimate of drug-likeness (QED) is 0.571. The highest BCUT2D eigenvalue weighted by Gasteiger charge is 2.37. The van der Waals surface area contributed by atoms with Gasteiger partial charge in [-0.25, -0.2) is 4.79 Å². The lowest BCUT2D eigenvalue weighted by molar-refractivity contribution is -0.139. The first kappa shape index (κ1) is 14.9. The molecule has 4 nitrogen and oxygen atoms in total. The van der Waals surface area contributed by atoms with E-state index in [9.17, 15) is 9.59 Å². The van der Waals surface area contributed by atoms with Crippen LogP contribution in [0.15, 0.2) is 30.3 Å². The van der Waals surface area contributed by atoms with Gasteiger partial charge in [-0.2, -0.15) is 12.6 Å². The zero-order chi connectivity index (χ0) is 13.8. The van der Waals surface area contributed by atoms with Crippen LogP contribution >= 0.6 is 24.4 Å². The summed E-state index contributed by atoms with van der Waals surface area (Å²) >= 11 is 5.54. The Bertz CT molecular complexity index is 434. The van der Waals surface area contributed by atoms with Crippen molar-refractivity contribution >= 4 is 36.3 Å². The van der Waals surface area contributed by atoms with Crippen molar-refractivity contribution in [2.75, 3.05) is 6.26 Å². The van der Waals surface area contributed by atoms with Crippen LogP contribution in [-0.2, 0) is 4.79 Å². The highest BCUT2D eigenvalue weighted by atomic mass is 32.2. The van der Waals surface area contributed by atoms with Gasteiger partial charge in [-0.15, -0.1) is 11.8 Å². The van der Waals surface area contributed by atoms with Gasteiger partial charge in [0.15, 0.2) is 6.04 Å². The fraction of sp³-hybridized carbons (Fsp3) is 0.333. The number of carbonyl (C=O) groups is 2. The second kappa shape index (κ2) is 6.15. The van der Waals surface area contributed by atoms with E-state index < -0.39 is 22.0 Å². The number of nitrogens with one attached hydrogen (secondary N) is 1. The molecule has 1 amide bonds. The first-order chi connectivity index (χ1) is 8.38. The van der Waals surface area contributed by atoms with Crippen molar-refractivity contribution in [3.05, 3.63) is 35.9 Å². The van der Waals surface area contributed by atoms with Gasteiger partial charge in [-0.1, -0.05) is 18.2 Å². The Labute approximate surface area is 116 Å². The van der Waals surface area contributed by atoms with E-state index in [1.807, 2.05) is 0 Å². The molecule has 1 rings (SSSR count). The number of amides is 1. The number of carboxylic acid groups (broad SMARTS) is 1. The second-order valence-corrected chi connectivity index (χ2v) is 6.36. The molecule has 0 saturated heterocycles. The molecule has 0 bridgehead atoms. The zero-order valence-electron chi connectivity index (χ0n) is 10.1. The smallest absolute Gasteiger partial charge is 0.328 e. The zero-order valence-corrected chi connectivity index (χ0v) is 11.8. The van der Waals surface area contributed by atoms with Crippen LogP contribution in [0, 0.1) is 0 Å². The predicted octanol–water partition coefficient (Wildman–Crippen LogP) is 1.88. The van der Waals surface area contributed by atoms with Gasteiger partial charge in [-0.05, 0) is 25.3 Å². The van der Waals surface area contributed by atoms with Crippen LogP contribution in [0.4, 0.5) is 0 Å². The van der Waals surface area contributed by atoms with Gasteiger partial charge >= 0.3 is 5.97 Å². The minimum absolute atomic E-state index is 0.419. The molecule has 0 spiro atoms. The lowest BCUT2D eigenvalue weighted by atomic mass is 10.1. The molecule has 0 aliphatic rings. The predicted molar refractivity (Wildman–Crippen MR) is 76.2 cm³/mol. The third-order valence-corrected chi connectivity index (χ3v) is 4.38. The Morgan fingerprint density at radius 2 is 1.94 bits per heavy atom. The summed E-state index contributed by atoms with van der Waals surface area (Å²) < 4.78 is -0.879. The summed E-state index contributed by atoms with van der Waals surface area (Å²) in [6.07, 6.45) is 1.75. The van der Waals surface area contributed by atoms with Crippen LogP contribution < -0.4 is 5.32 Å². The summed E-state index contributed by atoms with van der Waals surface area (Å²) in [6.45, 7) is 1.66. The lowest BCUT2D eigenvalue weighted by Crippen LogP contribution is -2.51. The maximum Gasteiger partial charge on any atom is 0.328 e. The van der Waals surface area contributed by atoms with E-state index in [1.54, 1.807) is 43.5 Å². The van der Waals surface area contributed by atoms with E-state index in [1.165, 1.54) is 11.8 Å². The number of thiol groups is 1. The van der Waals surface area contributed by atoms with Crippen molar-refractivity contribution in [1.29, 1.82) is 0 Å². The fourth-order valence-corrected chi connectivity index (χ4v) is 1.92. The summed E-state index contributed by atoms with van der Waals surface area (Å²) in [5.41, 5.74) is 0.425. The summed E-state index contributed by atoms with van der Waals surface area (Å²) in [5, 5.41) is 11.6. The lowest BCUT2D eigenvalue weighted by Gasteiger charge is -2.29. The number of rotatable bonds is 5. The summed E-state index contributed by atoms with van der Waals surface area (Å²) in [7, 11) is 0. The third kappa shape index (κ3) is 3.68. The standard InChI is InChI=1S/C12H15NO3S2/c1-12(17,18-2)9(11(15)16)13-10(14)8-6-4-3-5-7-8/h3-7,9,17H,1-2H3,(H,13,14)(H,15,16). The fourth-order valence-electron chi connectivity index (χ4n) is 1.35. The number of carbonyl (C=O) groups excluding carboxylic acids is 1. The van der Waals surface area contributed by atoms with Gasteiger partial charge in [-0.3, -0.25) is 4.79 Å². The van der Waals surface area contributed by atoms with E-state index in [2.05, 4.69) is 17.9 Å². The van der Waals surface area contributed by atoms with Crippen molar-refractivity contribution in [3.63, 3.8) is 0 Å². The van der Waals surface area contributed by atoms with Gasteiger partial charge < -0.3 is 10.4 Å². The van der Waals surface area contributed by atoms with Crippen molar-refractivity contribution in [1.82, 2.24) is 5.32 Å². The molecular formula is C12H15NO3S2. The molecule has 0 aromatic heterocycles. The van der Waals surface area contributed by atoms with Crippen LogP contribution in [0.25, 0.3) is 0 Å². The topological polar surface area (TPSA) is 66.4 Å². The number of hydrogen-bond donors (Lipinski definition) is 3. The number of thioether (sulfide) groups is 1. The number of benzene rings is 1. The number of aliphatic carboxylic acids is 1. The second-order valence-electron chi connectivity index (χ2n) is 3.87. The molecule has 98 valence electrons. The molecule has 0 aliphatic carbocycles. The minimum Gasteiger partial charge on any atom is -0.480 e. The summed E-state index contributed by atoms with van der Waals surface area (Å²) in [5.74, 6) is -1.52. The van der Waals surface area contributed by atoms with E-state index >= 15 is 0 Å². The Kier molecular flexibility index (Phi) is 5.10. The molecular weight excluding hydrogens is 270 g/mol. The van der Waals surface area contributed by atoms with Gasteiger partial charge in [0, 0.05) is 5.56 Å². The molecule has 0 saturated carbocycles. The monoisotopic (exact) mass is 285 g/mol. The maximum absolute atomic E-state index is 11.9. The Balaban J connectivity index is 2.86. The largest absolute Gasteiger partial charge is 0.480 e. The first-order valence-electron chi connectivity index (χ1n) is 5.24. The average molecular weight is 285 g/mol. The molecule has 2 unspecified atom stereocenters. The van der Waals surface area contributed by atoms with E-state index in [0.717, 1.165) is 0 Å². The molecule has 2 N–H and O–H groups in total. The van der Waals surface area contributed by atoms with Crippen LogP contribution in [0.3, 0.4) is 0 Å². The van der Waals surface area contributed by atoms with E-state index in [-0.39, 0.29) is 0 Å². The summed E-state index contributed by atoms with van der Waals surface area (Å²) in [4.78, 5) is 23.1. The average Bonchev–Trinajstić information content (AvgIpc) is 2.36. The van der Waals surface area contributed by atoms with Crippen LogP contribution in [0.2, 0.25) is 0 Å². The van der Waals surface area contributed by atoms with Crippen molar-refractivity contribution in [3.8, 4) is 0 Å². The van der Waals surface area contributed by atoms with Crippen LogP contribution in [-0.4, -0.2) is 33.4 Å². The van der Waals surface area contributed by atoms with Crippen molar-refractivity contribution < 1.29 is 14.7 Å². The first-order valence-corrected chi connectivity index (χ1v) is 6.92. The molecule has 6 heteroatoms. The molecule has 18 heavy (non-hydrogen) atoms. The van der Waals surface area contributed by atoms with E-state index in [0.29, 0.717) is 5.56 Å². The highest BCUT2D eigenvalue weighted by Crippen LogP contribution is 2.30. The van der Waals surface area contributed by atoms with Gasteiger partial charge in [0.2, 0.25) is 0 Å². The molecule has 0 radical (unpaired) electrons. The Morgan fingerprint density at radius 3 is 2.39 bits per heavy atom. The van der Waals surface area contributed by atoms with E-state index in [4.69, 9.17) is 5.11 Å². The number of hydrogen-bond acceptors (Lipinski definition) is 4. The van der Waals surface area contributed by atoms with Crippen LogP contribution in [0.5, 0.6) is 0 Å². The normalized spacial score (nSPS) is 15.5. The molecule has 0 heterocycles. The Morgan fingerprint density at radius 1 is 1.39 bits per heavy atom. The minimum atomic E-state index is -1.11. The molecule has 2 atom stereocenters. The molecule has 1 aromatic rings. The van der Waals surface area contributed by atoms with Gasteiger partial charge in [0.25, 0.3) is 5.91 Å². The van der Waals surface area contributed by atoms with Gasteiger partial charge in [0.1, 0.15) is 0 Å². The third-order valence-electron chi connectivity index (χ3n) is 2.51. The van der Waals surface area contributed by atoms with Crippen molar-refractivity contribution in [2.24, 2.45) is 0 Å². The Hall–Kier alpha value is -1.14. The highest BCUT2D eigenvalue weighted by molar-refractivity contribution is 8.11.